The largest absolute Gasteiger partial charge is 0.416 e. The Hall–Kier alpha value is -1.07. The minimum Gasteiger partial charge on any atom is -0.313 e. The van der Waals surface area contributed by atoms with Crippen LogP contribution in [-0.4, -0.2) is 30.1 Å². The second-order valence-corrected chi connectivity index (χ2v) is 5.82. The number of benzene rings is 1. The molecule has 0 radical (unpaired) electrons. The average molecular weight is 300 g/mol. The molecule has 118 valence electrons. The molecule has 0 bridgehead atoms. The van der Waals surface area contributed by atoms with E-state index in [-0.39, 0.29) is 0 Å². The highest BCUT2D eigenvalue weighted by atomic mass is 19.4. The highest BCUT2D eigenvalue weighted by Crippen LogP contribution is 2.30. The second-order valence-electron chi connectivity index (χ2n) is 5.82. The van der Waals surface area contributed by atoms with Gasteiger partial charge in [0.15, 0.2) is 0 Å². The van der Waals surface area contributed by atoms with Crippen LogP contribution in [0, 0.1) is 0 Å². The molecule has 5 heteroatoms. The fraction of sp³-hybridized carbons (Fsp3) is 0.625. The summed E-state index contributed by atoms with van der Waals surface area (Å²) in [5.41, 5.74) is 0.168. The van der Waals surface area contributed by atoms with Gasteiger partial charge in [0.2, 0.25) is 0 Å². The van der Waals surface area contributed by atoms with Crippen LogP contribution in [0.15, 0.2) is 24.3 Å². The van der Waals surface area contributed by atoms with Crippen molar-refractivity contribution < 1.29 is 13.2 Å². The molecule has 2 nitrogen and oxygen atoms in total. The van der Waals surface area contributed by atoms with Crippen molar-refractivity contribution in [2.75, 3.05) is 13.1 Å². The molecule has 2 rings (SSSR count). The number of hydrogen-bond acceptors (Lipinski definition) is 2. The molecule has 0 aliphatic carbocycles. The number of nitrogens with one attached hydrogen (secondary N) is 1. The summed E-state index contributed by atoms with van der Waals surface area (Å²) in [6, 6.07) is 6.47. The van der Waals surface area contributed by atoms with Crippen LogP contribution < -0.4 is 5.32 Å². The van der Waals surface area contributed by atoms with Crippen LogP contribution in [-0.2, 0) is 12.7 Å². The Morgan fingerprint density at radius 1 is 1.33 bits per heavy atom. The van der Waals surface area contributed by atoms with Gasteiger partial charge in [0.1, 0.15) is 0 Å². The third-order valence-corrected chi connectivity index (χ3v) is 4.21. The Labute approximate surface area is 124 Å². The molecule has 0 saturated carbocycles. The summed E-state index contributed by atoms with van der Waals surface area (Å²) in [7, 11) is 0. The first kappa shape index (κ1) is 16.3. The van der Waals surface area contributed by atoms with Crippen LogP contribution in [0.2, 0.25) is 0 Å². The first-order valence-corrected chi connectivity index (χ1v) is 7.53. The second kappa shape index (κ2) is 6.79. The van der Waals surface area contributed by atoms with E-state index in [1.54, 1.807) is 6.07 Å². The molecular formula is C16H23F3N2. The van der Waals surface area contributed by atoms with Crippen molar-refractivity contribution in [1.29, 1.82) is 0 Å². The minimum atomic E-state index is -4.27. The van der Waals surface area contributed by atoms with Gasteiger partial charge in [-0.25, -0.2) is 0 Å². The number of nitrogens with zero attached hydrogens (tertiary/aromatic N) is 1. The average Bonchev–Trinajstić information content (AvgIpc) is 2.61. The Balaban J connectivity index is 2.12. The van der Waals surface area contributed by atoms with Gasteiger partial charge in [0.25, 0.3) is 0 Å². The van der Waals surface area contributed by atoms with Gasteiger partial charge in [0.05, 0.1) is 5.56 Å². The smallest absolute Gasteiger partial charge is 0.313 e. The van der Waals surface area contributed by atoms with Crippen molar-refractivity contribution in [1.82, 2.24) is 10.2 Å². The van der Waals surface area contributed by atoms with E-state index < -0.39 is 11.7 Å². The maximum Gasteiger partial charge on any atom is 0.416 e. The lowest BCUT2D eigenvalue weighted by molar-refractivity contribution is -0.137. The van der Waals surface area contributed by atoms with E-state index in [1.807, 2.05) is 0 Å². The first-order chi connectivity index (χ1) is 9.90. The van der Waals surface area contributed by atoms with Crippen LogP contribution in [0.25, 0.3) is 0 Å². The Kier molecular flexibility index (Phi) is 5.27. The summed E-state index contributed by atoms with van der Waals surface area (Å²) in [6.45, 7) is 6.71. The number of alkyl halides is 3. The molecule has 1 aliphatic heterocycles. The molecule has 0 amide bonds. The van der Waals surface area contributed by atoms with E-state index in [1.165, 1.54) is 12.1 Å². The zero-order valence-corrected chi connectivity index (χ0v) is 12.6. The van der Waals surface area contributed by atoms with Gasteiger partial charge in [-0.2, -0.15) is 13.2 Å². The normalized spacial score (nSPS) is 24.8. The third kappa shape index (κ3) is 4.45. The van der Waals surface area contributed by atoms with Gasteiger partial charge in [0, 0.05) is 25.2 Å². The number of hydrogen-bond donors (Lipinski definition) is 1. The van der Waals surface area contributed by atoms with Crippen molar-refractivity contribution >= 4 is 0 Å². The van der Waals surface area contributed by atoms with Crippen molar-refractivity contribution in [3.63, 3.8) is 0 Å². The van der Waals surface area contributed by atoms with Crippen LogP contribution >= 0.6 is 0 Å². The lowest BCUT2D eigenvalue weighted by atomic mass is 10.1. The summed E-state index contributed by atoms with van der Waals surface area (Å²) >= 11 is 0. The number of rotatable bonds is 3. The molecular weight excluding hydrogens is 277 g/mol. The maximum atomic E-state index is 12.8. The van der Waals surface area contributed by atoms with Gasteiger partial charge in [-0.05, 0) is 37.9 Å². The van der Waals surface area contributed by atoms with Gasteiger partial charge in [-0.3, -0.25) is 4.90 Å². The van der Waals surface area contributed by atoms with E-state index in [4.69, 9.17) is 0 Å². The summed E-state index contributed by atoms with van der Waals surface area (Å²) in [6.07, 6.45) is -2.21. The molecule has 1 N–H and O–H groups in total. The standard InChI is InChI=1S/C16H23F3N2/c1-3-15-11-21(12(2)7-8-20-15)10-13-5-4-6-14(9-13)16(17,18)19/h4-6,9,12,15,20H,3,7-8,10-11H2,1-2H3. The Morgan fingerprint density at radius 3 is 2.76 bits per heavy atom. The third-order valence-electron chi connectivity index (χ3n) is 4.21. The van der Waals surface area contributed by atoms with Gasteiger partial charge < -0.3 is 5.32 Å². The zero-order chi connectivity index (χ0) is 15.5. The zero-order valence-electron chi connectivity index (χ0n) is 12.6. The molecule has 1 saturated heterocycles. The van der Waals surface area contributed by atoms with Crippen molar-refractivity contribution in [3.8, 4) is 0 Å². The highest BCUT2D eigenvalue weighted by Gasteiger charge is 2.30. The molecule has 1 fully saturated rings. The van der Waals surface area contributed by atoms with E-state index >= 15 is 0 Å². The molecule has 2 atom stereocenters. The Bertz CT molecular complexity index is 459. The fourth-order valence-corrected chi connectivity index (χ4v) is 2.78. The Morgan fingerprint density at radius 2 is 2.10 bits per heavy atom. The molecule has 1 aliphatic rings. The van der Waals surface area contributed by atoms with Gasteiger partial charge in [-0.1, -0.05) is 25.1 Å². The van der Waals surface area contributed by atoms with Crippen molar-refractivity contribution in [2.24, 2.45) is 0 Å². The predicted octanol–water partition coefficient (Wildman–Crippen LogP) is 3.67. The number of halogens is 3. The quantitative estimate of drug-likeness (QED) is 0.916. The summed E-state index contributed by atoms with van der Waals surface area (Å²) in [5.74, 6) is 0. The molecule has 21 heavy (non-hydrogen) atoms. The van der Waals surface area contributed by atoms with Crippen LogP contribution in [0.1, 0.15) is 37.8 Å². The minimum absolute atomic E-state index is 0.378. The summed E-state index contributed by atoms with van der Waals surface area (Å²) in [4.78, 5) is 2.28. The molecule has 1 heterocycles. The van der Waals surface area contributed by atoms with Gasteiger partial charge >= 0.3 is 6.18 Å². The molecule has 2 unspecified atom stereocenters. The van der Waals surface area contributed by atoms with E-state index in [0.29, 0.717) is 18.6 Å². The molecule has 0 aromatic heterocycles. The van der Waals surface area contributed by atoms with E-state index in [2.05, 4.69) is 24.1 Å². The maximum absolute atomic E-state index is 12.8. The predicted molar refractivity (Wildman–Crippen MR) is 78.0 cm³/mol. The topological polar surface area (TPSA) is 15.3 Å². The van der Waals surface area contributed by atoms with Crippen LogP contribution in [0.4, 0.5) is 13.2 Å². The van der Waals surface area contributed by atoms with Crippen LogP contribution in [0.3, 0.4) is 0 Å². The van der Waals surface area contributed by atoms with E-state index in [0.717, 1.165) is 37.6 Å². The highest BCUT2D eigenvalue weighted by molar-refractivity contribution is 5.25. The monoisotopic (exact) mass is 300 g/mol. The lowest BCUT2D eigenvalue weighted by Gasteiger charge is -2.29. The van der Waals surface area contributed by atoms with E-state index in [9.17, 15) is 13.2 Å². The SMILES string of the molecule is CCC1CN(Cc2cccc(C(F)(F)F)c2)C(C)CCN1. The van der Waals surface area contributed by atoms with Crippen LogP contribution in [0.5, 0.6) is 0 Å². The van der Waals surface area contributed by atoms with Gasteiger partial charge in [-0.15, -0.1) is 0 Å². The molecule has 1 aromatic rings. The summed E-state index contributed by atoms with van der Waals surface area (Å²) < 4.78 is 38.3. The first-order valence-electron chi connectivity index (χ1n) is 7.53. The molecule has 1 aromatic carbocycles. The fourth-order valence-electron chi connectivity index (χ4n) is 2.78. The summed E-state index contributed by atoms with van der Waals surface area (Å²) in [5, 5.41) is 3.49. The molecule has 0 spiro atoms. The van der Waals surface area contributed by atoms with Crippen molar-refractivity contribution in [2.45, 2.75) is 51.5 Å². The lowest BCUT2D eigenvalue weighted by Crippen LogP contribution is -2.39. The van der Waals surface area contributed by atoms with Crippen molar-refractivity contribution in [3.05, 3.63) is 35.4 Å².